The first-order valence-electron chi connectivity index (χ1n) is 10.3. The molecule has 0 unspecified atom stereocenters. The molecular weight excluding hydrogens is 466 g/mol. The van der Waals surface area contributed by atoms with Crippen molar-refractivity contribution < 1.29 is 41.0 Å². The quantitative estimate of drug-likeness (QED) is 0.435. The minimum Gasteiger partial charge on any atom is -0.381 e. The molecule has 0 bridgehead atoms. The van der Waals surface area contributed by atoms with Crippen LogP contribution in [0.5, 0.6) is 0 Å². The molecule has 0 spiro atoms. The number of hydrogen-bond donors (Lipinski definition) is 3. The lowest BCUT2D eigenvalue weighted by Gasteiger charge is -2.32. The highest BCUT2D eigenvalue weighted by atomic mass is 19.4. The number of aryl methyl sites for hydroxylation is 1. The summed E-state index contributed by atoms with van der Waals surface area (Å²) in [4.78, 5) is 11.9. The molecule has 1 amide bonds. The molecule has 188 valence electrons. The number of alkyl halides is 6. The van der Waals surface area contributed by atoms with Crippen molar-refractivity contribution in [2.45, 2.75) is 50.9 Å². The Hall–Kier alpha value is -2.79. The predicted octanol–water partition coefficient (Wildman–Crippen LogP) is 4.92. The summed E-state index contributed by atoms with van der Waals surface area (Å²) in [6.45, 7) is 2.51. The fraction of sp³-hybridized carbons (Fsp3) is 0.435. The van der Waals surface area contributed by atoms with Gasteiger partial charge in [0, 0.05) is 19.3 Å². The van der Waals surface area contributed by atoms with Crippen LogP contribution in [0, 0.1) is 6.92 Å². The van der Waals surface area contributed by atoms with Gasteiger partial charge in [-0.1, -0.05) is 18.2 Å². The van der Waals surface area contributed by atoms with E-state index in [1.165, 1.54) is 19.2 Å². The molecule has 11 heteroatoms. The standard InChI is InChI=1S/C23H26F6N2O3/c1-14-9-19(8-7-16(14)12-30-20(32)10-15(2)34-3)31-13-21(33,23(27,28)29)17-5-4-6-18(11-17)22(24,25)26/h4-9,11,15,31,33H,10,12-13H2,1-3H3,(H,30,32)/t15-,21-/m0/s1. The van der Waals surface area contributed by atoms with Crippen LogP contribution in [0.4, 0.5) is 32.0 Å². The summed E-state index contributed by atoms with van der Waals surface area (Å²) >= 11 is 0. The Kier molecular flexibility index (Phi) is 8.59. The van der Waals surface area contributed by atoms with Crippen LogP contribution < -0.4 is 10.6 Å². The van der Waals surface area contributed by atoms with E-state index in [1.807, 2.05) is 0 Å². The van der Waals surface area contributed by atoms with Gasteiger partial charge in [-0.25, -0.2) is 0 Å². The summed E-state index contributed by atoms with van der Waals surface area (Å²) in [5.41, 5.74) is -4.20. The molecule has 2 aromatic carbocycles. The van der Waals surface area contributed by atoms with Crippen molar-refractivity contribution in [3.63, 3.8) is 0 Å². The number of halogens is 6. The molecule has 2 rings (SSSR count). The van der Waals surface area contributed by atoms with Crippen molar-refractivity contribution in [1.29, 1.82) is 0 Å². The number of rotatable bonds is 9. The fourth-order valence-electron chi connectivity index (χ4n) is 3.16. The van der Waals surface area contributed by atoms with E-state index in [0.717, 1.165) is 12.1 Å². The van der Waals surface area contributed by atoms with E-state index in [4.69, 9.17) is 4.74 Å². The maximum atomic E-state index is 13.7. The second-order valence-corrected chi connectivity index (χ2v) is 7.96. The molecule has 0 aliphatic heterocycles. The number of ether oxygens (including phenoxy) is 1. The first-order valence-corrected chi connectivity index (χ1v) is 10.3. The molecule has 0 aliphatic rings. The number of anilines is 1. The smallest absolute Gasteiger partial charge is 0.381 e. The van der Waals surface area contributed by atoms with Gasteiger partial charge in [0.15, 0.2) is 0 Å². The van der Waals surface area contributed by atoms with Crippen molar-refractivity contribution in [2.24, 2.45) is 0 Å². The highest BCUT2D eigenvalue weighted by Crippen LogP contribution is 2.41. The van der Waals surface area contributed by atoms with Crippen LogP contribution in [0.1, 0.15) is 35.6 Å². The van der Waals surface area contributed by atoms with Crippen LogP contribution >= 0.6 is 0 Å². The molecule has 0 radical (unpaired) electrons. The topological polar surface area (TPSA) is 70.6 Å². The van der Waals surface area contributed by atoms with Gasteiger partial charge in [0.1, 0.15) is 0 Å². The maximum Gasteiger partial charge on any atom is 0.423 e. The Morgan fingerprint density at radius 2 is 1.71 bits per heavy atom. The van der Waals surface area contributed by atoms with E-state index in [0.29, 0.717) is 17.2 Å². The minimum absolute atomic E-state index is 0.167. The van der Waals surface area contributed by atoms with Gasteiger partial charge in [0.2, 0.25) is 11.5 Å². The van der Waals surface area contributed by atoms with E-state index >= 15 is 0 Å². The summed E-state index contributed by atoms with van der Waals surface area (Å²) < 4.78 is 85.1. The predicted molar refractivity (Wildman–Crippen MR) is 114 cm³/mol. The number of carbonyl (C=O) groups is 1. The molecule has 5 nitrogen and oxygen atoms in total. The number of aliphatic hydroxyl groups is 1. The zero-order chi connectivity index (χ0) is 25.7. The Morgan fingerprint density at radius 1 is 1.06 bits per heavy atom. The Bertz CT molecular complexity index is 993. The number of hydrogen-bond acceptors (Lipinski definition) is 4. The Balaban J connectivity index is 2.16. The molecule has 2 atom stereocenters. The van der Waals surface area contributed by atoms with E-state index in [9.17, 15) is 36.2 Å². The average Bonchev–Trinajstić information content (AvgIpc) is 2.75. The van der Waals surface area contributed by atoms with Crippen LogP contribution in [-0.2, 0) is 27.9 Å². The zero-order valence-corrected chi connectivity index (χ0v) is 18.8. The summed E-state index contributed by atoms with van der Waals surface area (Å²) in [6, 6.07) is 7.09. The van der Waals surface area contributed by atoms with Crippen LogP contribution in [-0.4, -0.2) is 36.9 Å². The summed E-state index contributed by atoms with van der Waals surface area (Å²) in [5, 5.41) is 15.6. The molecule has 3 N–H and O–H groups in total. The van der Waals surface area contributed by atoms with Crippen LogP contribution in [0.2, 0.25) is 0 Å². The van der Waals surface area contributed by atoms with Crippen molar-refractivity contribution in [1.82, 2.24) is 5.32 Å². The first kappa shape index (κ1) is 27.5. The molecule has 0 fully saturated rings. The van der Waals surface area contributed by atoms with Gasteiger partial charge < -0.3 is 20.5 Å². The lowest BCUT2D eigenvalue weighted by atomic mass is 9.91. The minimum atomic E-state index is -5.25. The van der Waals surface area contributed by atoms with Crippen LogP contribution in [0.25, 0.3) is 0 Å². The molecule has 0 aromatic heterocycles. The van der Waals surface area contributed by atoms with Crippen LogP contribution in [0.3, 0.4) is 0 Å². The van der Waals surface area contributed by atoms with Gasteiger partial charge in [0.25, 0.3) is 0 Å². The van der Waals surface area contributed by atoms with Gasteiger partial charge in [0.05, 0.1) is 24.6 Å². The molecule has 34 heavy (non-hydrogen) atoms. The van der Waals surface area contributed by atoms with Crippen molar-refractivity contribution in [3.8, 4) is 0 Å². The summed E-state index contributed by atoms with van der Waals surface area (Å²) in [7, 11) is 1.49. The van der Waals surface area contributed by atoms with Gasteiger partial charge in [-0.2, -0.15) is 26.3 Å². The van der Waals surface area contributed by atoms with Gasteiger partial charge in [-0.3, -0.25) is 4.79 Å². The van der Waals surface area contributed by atoms with E-state index in [1.54, 1.807) is 19.9 Å². The lowest BCUT2D eigenvalue weighted by Crippen LogP contribution is -2.48. The lowest BCUT2D eigenvalue weighted by molar-refractivity contribution is -0.260. The maximum absolute atomic E-state index is 13.7. The monoisotopic (exact) mass is 492 g/mol. The largest absolute Gasteiger partial charge is 0.423 e. The molecule has 0 aliphatic carbocycles. The number of nitrogens with one attached hydrogen (secondary N) is 2. The van der Waals surface area contributed by atoms with Gasteiger partial charge in [-0.15, -0.1) is 0 Å². The second-order valence-electron chi connectivity index (χ2n) is 7.96. The van der Waals surface area contributed by atoms with Gasteiger partial charge in [-0.05, 0) is 54.8 Å². The average molecular weight is 492 g/mol. The molecular formula is C23H26F6N2O3. The third-order valence-electron chi connectivity index (χ3n) is 5.38. The number of benzene rings is 2. The molecule has 0 saturated carbocycles. The van der Waals surface area contributed by atoms with Crippen molar-refractivity contribution in [2.75, 3.05) is 19.0 Å². The first-order chi connectivity index (χ1) is 15.7. The normalized spacial score (nSPS) is 14.9. The molecule has 2 aromatic rings. The summed E-state index contributed by atoms with van der Waals surface area (Å²) in [6.07, 6.45) is -10.2. The van der Waals surface area contributed by atoms with E-state index in [2.05, 4.69) is 10.6 Å². The highest BCUT2D eigenvalue weighted by molar-refractivity contribution is 5.76. The van der Waals surface area contributed by atoms with E-state index in [-0.39, 0.29) is 36.7 Å². The molecule has 0 heterocycles. The zero-order valence-electron chi connectivity index (χ0n) is 18.8. The van der Waals surface area contributed by atoms with Crippen LogP contribution in [0.15, 0.2) is 42.5 Å². The fourth-order valence-corrected chi connectivity index (χ4v) is 3.16. The Morgan fingerprint density at radius 3 is 2.26 bits per heavy atom. The van der Waals surface area contributed by atoms with Crippen molar-refractivity contribution >= 4 is 11.6 Å². The third-order valence-corrected chi connectivity index (χ3v) is 5.38. The number of carbonyl (C=O) groups excluding carboxylic acids is 1. The molecule has 0 saturated heterocycles. The van der Waals surface area contributed by atoms with E-state index < -0.39 is 35.6 Å². The Labute approximate surface area is 193 Å². The van der Waals surface area contributed by atoms with Crippen molar-refractivity contribution in [3.05, 3.63) is 64.7 Å². The van der Waals surface area contributed by atoms with Gasteiger partial charge >= 0.3 is 12.4 Å². The SMILES string of the molecule is CO[C@@H](C)CC(=O)NCc1ccc(NC[C@](O)(c2cccc(C(F)(F)F)c2)C(F)(F)F)cc1C. The third kappa shape index (κ3) is 6.86. The number of methoxy groups -OCH3 is 1. The second kappa shape index (κ2) is 10.6. The number of amides is 1. The summed E-state index contributed by atoms with van der Waals surface area (Å²) in [5.74, 6) is -0.229. The highest BCUT2D eigenvalue weighted by Gasteiger charge is 2.55.